The number of hydrogen-bond acceptors (Lipinski definition) is 3. The number of benzene rings is 1. The van der Waals surface area contributed by atoms with Crippen LogP contribution in [0, 0.1) is 0 Å². The molecule has 1 aromatic heterocycles. The van der Waals surface area contributed by atoms with Gasteiger partial charge in [-0.15, -0.1) is 0 Å². The summed E-state index contributed by atoms with van der Waals surface area (Å²) in [4.78, 5) is 15.0. The standard InChI is InChI=1S/C15H11F2NO2/c1-20-15(19)11-7-5-10(6-8-11)13(16)14(17)12-4-2-3-9-18-12/h2-9H,1H3/b14-13+. The summed E-state index contributed by atoms with van der Waals surface area (Å²) in [6.07, 6.45) is 1.38. The largest absolute Gasteiger partial charge is 0.465 e. The van der Waals surface area contributed by atoms with Crippen molar-refractivity contribution < 1.29 is 18.3 Å². The van der Waals surface area contributed by atoms with Crippen LogP contribution in [-0.2, 0) is 4.74 Å². The maximum Gasteiger partial charge on any atom is 0.337 e. The number of carbonyl (C=O) groups is 1. The fourth-order valence-electron chi connectivity index (χ4n) is 1.60. The minimum atomic E-state index is -1.04. The summed E-state index contributed by atoms with van der Waals surface area (Å²) < 4.78 is 32.4. The van der Waals surface area contributed by atoms with Gasteiger partial charge in [-0.2, -0.15) is 0 Å². The van der Waals surface area contributed by atoms with Crippen LogP contribution in [0.25, 0.3) is 11.7 Å². The molecular weight excluding hydrogens is 264 g/mol. The molecule has 2 rings (SSSR count). The van der Waals surface area contributed by atoms with Crippen molar-refractivity contribution in [2.45, 2.75) is 0 Å². The molecule has 0 aliphatic heterocycles. The lowest BCUT2D eigenvalue weighted by atomic mass is 10.1. The van der Waals surface area contributed by atoms with E-state index in [-0.39, 0.29) is 16.8 Å². The zero-order chi connectivity index (χ0) is 14.5. The third kappa shape index (κ3) is 2.88. The highest BCUT2D eigenvalue weighted by Gasteiger charge is 2.13. The number of ether oxygens (including phenoxy) is 1. The second-order valence-electron chi connectivity index (χ2n) is 3.91. The molecule has 1 aromatic carbocycles. The first-order valence-corrected chi connectivity index (χ1v) is 5.79. The van der Waals surface area contributed by atoms with Gasteiger partial charge in [0.1, 0.15) is 5.69 Å². The van der Waals surface area contributed by atoms with Gasteiger partial charge in [-0.05, 0) is 24.3 Å². The zero-order valence-corrected chi connectivity index (χ0v) is 10.6. The van der Waals surface area contributed by atoms with E-state index >= 15 is 0 Å². The van der Waals surface area contributed by atoms with Gasteiger partial charge in [-0.3, -0.25) is 4.98 Å². The van der Waals surface area contributed by atoms with Crippen molar-refractivity contribution in [3.05, 3.63) is 65.5 Å². The van der Waals surface area contributed by atoms with Crippen LogP contribution in [0.15, 0.2) is 48.7 Å². The first-order valence-electron chi connectivity index (χ1n) is 5.79. The van der Waals surface area contributed by atoms with Gasteiger partial charge >= 0.3 is 5.97 Å². The number of carbonyl (C=O) groups excluding carboxylic acids is 1. The van der Waals surface area contributed by atoms with E-state index in [0.717, 1.165) is 0 Å². The second-order valence-corrected chi connectivity index (χ2v) is 3.91. The van der Waals surface area contributed by atoms with E-state index in [1.54, 1.807) is 12.1 Å². The third-order valence-electron chi connectivity index (χ3n) is 2.64. The Balaban J connectivity index is 2.34. The molecule has 0 aliphatic carbocycles. The minimum absolute atomic E-state index is 0.0285. The van der Waals surface area contributed by atoms with E-state index in [0.29, 0.717) is 0 Å². The molecule has 0 saturated heterocycles. The van der Waals surface area contributed by atoms with Crippen molar-refractivity contribution in [2.24, 2.45) is 0 Å². The Kier molecular flexibility index (Phi) is 4.20. The predicted octanol–water partition coefficient (Wildman–Crippen LogP) is 3.63. The molecule has 0 amide bonds. The van der Waals surface area contributed by atoms with Crippen molar-refractivity contribution in [3.63, 3.8) is 0 Å². The van der Waals surface area contributed by atoms with Crippen molar-refractivity contribution >= 4 is 17.6 Å². The molecule has 5 heteroatoms. The van der Waals surface area contributed by atoms with Crippen molar-refractivity contribution in [1.82, 2.24) is 4.98 Å². The Morgan fingerprint density at radius 1 is 1.00 bits per heavy atom. The summed E-state index contributed by atoms with van der Waals surface area (Å²) in [6.45, 7) is 0. The summed E-state index contributed by atoms with van der Waals surface area (Å²) in [5.74, 6) is -2.61. The van der Waals surface area contributed by atoms with Crippen LogP contribution in [0.3, 0.4) is 0 Å². The second kappa shape index (κ2) is 6.06. The maximum atomic E-state index is 14.0. The summed E-state index contributed by atoms with van der Waals surface area (Å²) in [5, 5.41) is 0. The van der Waals surface area contributed by atoms with Crippen molar-refractivity contribution in [3.8, 4) is 0 Å². The molecule has 0 atom stereocenters. The lowest BCUT2D eigenvalue weighted by molar-refractivity contribution is 0.0600. The van der Waals surface area contributed by atoms with Gasteiger partial charge in [-0.25, -0.2) is 13.6 Å². The smallest absolute Gasteiger partial charge is 0.337 e. The molecule has 3 nitrogen and oxygen atoms in total. The van der Waals surface area contributed by atoms with Crippen LogP contribution in [0.2, 0.25) is 0 Å². The molecule has 0 saturated carbocycles. The van der Waals surface area contributed by atoms with E-state index in [9.17, 15) is 13.6 Å². The Hall–Kier alpha value is -2.56. The molecule has 0 aliphatic rings. The van der Waals surface area contributed by atoms with E-state index in [1.807, 2.05) is 0 Å². The van der Waals surface area contributed by atoms with Gasteiger partial charge < -0.3 is 4.74 Å². The fourth-order valence-corrected chi connectivity index (χ4v) is 1.60. The quantitative estimate of drug-likeness (QED) is 0.803. The Labute approximate surface area is 114 Å². The number of halogens is 2. The van der Waals surface area contributed by atoms with E-state index in [1.165, 1.54) is 43.6 Å². The van der Waals surface area contributed by atoms with Gasteiger partial charge in [0.2, 0.25) is 0 Å². The number of nitrogens with zero attached hydrogens (tertiary/aromatic N) is 1. The zero-order valence-electron chi connectivity index (χ0n) is 10.6. The molecule has 102 valence electrons. The first-order chi connectivity index (χ1) is 9.63. The average Bonchev–Trinajstić information content (AvgIpc) is 2.53. The molecule has 0 radical (unpaired) electrons. The van der Waals surface area contributed by atoms with Crippen molar-refractivity contribution in [2.75, 3.05) is 7.11 Å². The van der Waals surface area contributed by atoms with Crippen LogP contribution in [-0.4, -0.2) is 18.1 Å². The van der Waals surface area contributed by atoms with E-state index in [4.69, 9.17) is 0 Å². The first kappa shape index (κ1) is 13.9. The molecule has 2 aromatic rings. The molecule has 0 bridgehead atoms. The number of esters is 1. The molecular formula is C15H11F2NO2. The lowest BCUT2D eigenvalue weighted by Gasteiger charge is -2.03. The third-order valence-corrected chi connectivity index (χ3v) is 2.64. The topological polar surface area (TPSA) is 39.2 Å². The van der Waals surface area contributed by atoms with Gasteiger partial charge in [0.25, 0.3) is 0 Å². The number of hydrogen-bond donors (Lipinski definition) is 0. The minimum Gasteiger partial charge on any atom is -0.465 e. The lowest BCUT2D eigenvalue weighted by Crippen LogP contribution is -2.00. The molecule has 1 heterocycles. The number of pyridine rings is 1. The number of methoxy groups -OCH3 is 1. The van der Waals surface area contributed by atoms with Crippen molar-refractivity contribution in [1.29, 1.82) is 0 Å². The van der Waals surface area contributed by atoms with Gasteiger partial charge in [0.15, 0.2) is 11.7 Å². The molecule has 0 unspecified atom stereocenters. The Morgan fingerprint density at radius 2 is 1.65 bits per heavy atom. The highest BCUT2D eigenvalue weighted by Crippen LogP contribution is 2.27. The number of aromatic nitrogens is 1. The molecule has 0 spiro atoms. The summed E-state index contributed by atoms with van der Waals surface area (Å²) in [6, 6.07) is 9.90. The van der Waals surface area contributed by atoms with Crippen LogP contribution >= 0.6 is 0 Å². The Morgan fingerprint density at radius 3 is 2.20 bits per heavy atom. The van der Waals surface area contributed by atoms with E-state index < -0.39 is 17.6 Å². The Bertz CT molecular complexity index is 637. The highest BCUT2D eigenvalue weighted by atomic mass is 19.2. The van der Waals surface area contributed by atoms with Gasteiger partial charge in [0, 0.05) is 11.8 Å². The van der Waals surface area contributed by atoms with Crippen LogP contribution in [0.5, 0.6) is 0 Å². The summed E-state index contributed by atoms with van der Waals surface area (Å²) in [5.41, 5.74) is 0.213. The van der Waals surface area contributed by atoms with Gasteiger partial charge in [0.05, 0.1) is 12.7 Å². The van der Waals surface area contributed by atoms with Gasteiger partial charge in [-0.1, -0.05) is 18.2 Å². The molecule has 0 fully saturated rings. The molecule has 0 N–H and O–H groups in total. The van der Waals surface area contributed by atoms with Crippen LogP contribution in [0.1, 0.15) is 21.6 Å². The molecule has 20 heavy (non-hydrogen) atoms. The number of rotatable bonds is 3. The highest BCUT2D eigenvalue weighted by molar-refractivity contribution is 5.90. The predicted molar refractivity (Wildman–Crippen MR) is 71.0 cm³/mol. The van der Waals surface area contributed by atoms with Crippen LogP contribution in [0.4, 0.5) is 8.78 Å². The fraction of sp³-hybridized carbons (Fsp3) is 0.0667. The van der Waals surface area contributed by atoms with Crippen LogP contribution < -0.4 is 0 Å². The SMILES string of the molecule is COC(=O)c1ccc(/C(F)=C(\F)c2ccccn2)cc1. The normalized spacial score (nSPS) is 11.8. The monoisotopic (exact) mass is 275 g/mol. The average molecular weight is 275 g/mol. The summed E-state index contributed by atoms with van der Waals surface area (Å²) >= 11 is 0. The summed E-state index contributed by atoms with van der Waals surface area (Å²) in [7, 11) is 1.25. The van der Waals surface area contributed by atoms with E-state index in [2.05, 4.69) is 9.72 Å². The maximum absolute atomic E-state index is 14.0.